The molecule has 4 atom stereocenters. The van der Waals surface area contributed by atoms with Gasteiger partial charge in [0, 0.05) is 6.42 Å². The van der Waals surface area contributed by atoms with Crippen LogP contribution in [0.15, 0.2) is 30.3 Å². The van der Waals surface area contributed by atoms with Crippen LogP contribution in [0.5, 0.6) is 0 Å². The molecule has 138 valence electrons. The second kappa shape index (κ2) is 7.15. The first-order valence-electron chi connectivity index (χ1n) is 8.17. The van der Waals surface area contributed by atoms with Gasteiger partial charge in [-0.05, 0) is 5.56 Å². The smallest absolute Gasteiger partial charge is 0.330 e. The maximum absolute atomic E-state index is 12.7. The number of rotatable bonds is 5. The molecule has 1 aromatic rings. The molecule has 0 saturated carbocycles. The van der Waals surface area contributed by atoms with Gasteiger partial charge in [0.15, 0.2) is 0 Å². The molecule has 2 saturated heterocycles. The first-order chi connectivity index (χ1) is 12.5. The van der Waals surface area contributed by atoms with Crippen LogP contribution in [0.2, 0.25) is 0 Å². The Morgan fingerprint density at radius 2 is 1.62 bits per heavy atom. The molecule has 8 heteroatoms. The molecule has 0 radical (unpaired) electrons. The van der Waals surface area contributed by atoms with E-state index in [1.54, 1.807) is 24.3 Å². The summed E-state index contributed by atoms with van der Waals surface area (Å²) in [6, 6.07) is 7.26. The number of β-lactam (4-membered cyclic amide) rings is 1. The molecule has 0 unspecified atom stereocenters. The Hall–Kier alpha value is -2.90. The van der Waals surface area contributed by atoms with Crippen LogP contribution >= 0.6 is 0 Å². The minimum Gasteiger partial charge on any atom is -0.469 e. The summed E-state index contributed by atoms with van der Waals surface area (Å²) in [4.78, 5) is 50.4. The number of hydrogen-bond donors (Lipinski definition) is 0. The average molecular weight is 361 g/mol. The second-order valence-corrected chi connectivity index (χ2v) is 6.21. The van der Waals surface area contributed by atoms with E-state index >= 15 is 0 Å². The molecule has 0 N–H and O–H groups in total. The summed E-state index contributed by atoms with van der Waals surface area (Å²) in [7, 11) is 2.36. The largest absolute Gasteiger partial charge is 0.469 e. The highest BCUT2D eigenvalue weighted by Crippen LogP contribution is 2.45. The second-order valence-electron chi connectivity index (χ2n) is 6.21. The molecular formula is C18H19NO7. The minimum atomic E-state index is -1.19. The molecule has 3 rings (SSSR count). The number of methoxy groups -OCH3 is 2. The van der Waals surface area contributed by atoms with E-state index in [9.17, 15) is 19.2 Å². The lowest BCUT2D eigenvalue weighted by atomic mass is 9.85. The summed E-state index contributed by atoms with van der Waals surface area (Å²) in [5.74, 6) is -4.54. The molecule has 0 aromatic heterocycles. The zero-order valence-electron chi connectivity index (χ0n) is 14.4. The fourth-order valence-corrected chi connectivity index (χ4v) is 3.65. The summed E-state index contributed by atoms with van der Waals surface area (Å²) in [6.07, 6.45) is 0.0791. The molecule has 0 aliphatic carbocycles. The van der Waals surface area contributed by atoms with Gasteiger partial charge in [0.1, 0.15) is 18.6 Å². The van der Waals surface area contributed by atoms with Crippen molar-refractivity contribution in [1.82, 2.24) is 4.90 Å². The van der Waals surface area contributed by atoms with Crippen molar-refractivity contribution in [3.63, 3.8) is 0 Å². The maximum atomic E-state index is 12.7. The van der Waals surface area contributed by atoms with Crippen molar-refractivity contribution < 1.29 is 33.4 Å². The van der Waals surface area contributed by atoms with Gasteiger partial charge in [0.05, 0.1) is 26.2 Å². The van der Waals surface area contributed by atoms with Gasteiger partial charge in [-0.3, -0.25) is 14.4 Å². The van der Waals surface area contributed by atoms with Crippen molar-refractivity contribution in [2.75, 3.05) is 14.2 Å². The van der Waals surface area contributed by atoms with E-state index in [-0.39, 0.29) is 18.9 Å². The molecule has 1 amide bonds. The summed E-state index contributed by atoms with van der Waals surface area (Å²) < 4.78 is 14.8. The van der Waals surface area contributed by atoms with E-state index in [2.05, 4.69) is 0 Å². The number of benzene rings is 1. The van der Waals surface area contributed by atoms with Crippen LogP contribution < -0.4 is 0 Å². The standard InChI is InChI=1S/C18H19NO7/c1-24-16(21)13-11-8-12(20)19(11)15(14(13)17(22)25-2)18(23)26-9-10-6-4-3-5-7-10/h3-7,11,13-15H,8-9H2,1-2H3/t11-,13+,14+,15+/m0/s1. The topological polar surface area (TPSA) is 99.2 Å². The van der Waals surface area contributed by atoms with Crippen LogP contribution in [0, 0.1) is 11.8 Å². The average Bonchev–Trinajstić information content (AvgIpc) is 2.94. The van der Waals surface area contributed by atoms with Crippen molar-refractivity contribution in [3.8, 4) is 0 Å². The number of carbonyl (C=O) groups excluding carboxylic acids is 4. The van der Waals surface area contributed by atoms with Gasteiger partial charge in [0.2, 0.25) is 5.91 Å². The first kappa shape index (κ1) is 17.9. The fourth-order valence-electron chi connectivity index (χ4n) is 3.65. The Labute approximate surface area is 150 Å². The zero-order chi connectivity index (χ0) is 18.8. The van der Waals surface area contributed by atoms with Crippen LogP contribution in [0.25, 0.3) is 0 Å². The van der Waals surface area contributed by atoms with Gasteiger partial charge in [0.25, 0.3) is 0 Å². The highest BCUT2D eigenvalue weighted by molar-refractivity contribution is 5.98. The van der Waals surface area contributed by atoms with Gasteiger partial charge in [-0.25, -0.2) is 4.79 Å². The normalized spacial score (nSPS) is 26.5. The van der Waals surface area contributed by atoms with Gasteiger partial charge in [-0.1, -0.05) is 30.3 Å². The van der Waals surface area contributed by atoms with Crippen LogP contribution in [-0.2, 0) is 40.0 Å². The molecule has 2 fully saturated rings. The Morgan fingerprint density at radius 3 is 2.19 bits per heavy atom. The lowest BCUT2D eigenvalue weighted by molar-refractivity contribution is -0.165. The molecular weight excluding hydrogens is 342 g/mol. The Balaban J connectivity index is 1.84. The van der Waals surface area contributed by atoms with E-state index in [0.29, 0.717) is 0 Å². The van der Waals surface area contributed by atoms with Crippen molar-refractivity contribution in [1.29, 1.82) is 0 Å². The number of carbonyl (C=O) groups is 4. The number of nitrogens with zero attached hydrogens (tertiary/aromatic N) is 1. The molecule has 26 heavy (non-hydrogen) atoms. The lowest BCUT2D eigenvalue weighted by Crippen LogP contribution is -2.56. The Bertz CT molecular complexity index is 732. The number of ether oxygens (including phenoxy) is 3. The maximum Gasteiger partial charge on any atom is 0.330 e. The van der Waals surface area contributed by atoms with E-state index in [1.165, 1.54) is 19.1 Å². The third kappa shape index (κ3) is 2.91. The van der Waals surface area contributed by atoms with Crippen molar-refractivity contribution in [3.05, 3.63) is 35.9 Å². The van der Waals surface area contributed by atoms with Crippen LogP contribution in [0.4, 0.5) is 0 Å². The van der Waals surface area contributed by atoms with Crippen molar-refractivity contribution >= 4 is 23.8 Å². The van der Waals surface area contributed by atoms with Gasteiger partial charge in [-0.15, -0.1) is 0 Å². The number of fused-ring (bicyclic) bond motifs is 1. The fraction of sp³-hybridized carbons (Fsp3) is 0.444. The molecule has 1 aromatic carbocycles. The van der Waals surface area contributed by atoms with E-state index in [1.807, 2.05) is 6.07 Å². The Kier molecular flexibility index (Phi) is 4.92. The van der Waals surface area contributed by atoms with Crippen LogP contribution in [0.3, 0.4) is 0 Å². The highest BCUT2D eigenvalue weighted by Gasteiger charge is 2.65. The summed E-state index contributed by atoms with van der Waals surface area (Å²) >= 11 is 0. The van der Waals surface area contributed by atoms with Crippen molar-refractivity contribution in [2.24, 2.45) is 11.8 Å². The predicted octanol–water partition coefficient (Wildman–Crippen LogP) is 0.291. The van der Waals surface area contributed by atoms with Crippen LogP contribution in [0.1, 0.15) is 12.0 Å². The monoisotopic (exact) mass is 361 g/mol. The number of amides is 1. The van der Waals surface area contributed by atoms with Gasteiger partial charge in [-0.2, -0.15) is 0 Å². The molecule has 2 aliphatic rings. The zero-order valence-corrected chi connectivity index (χ0v) is 14.4. The molecule has 0 spiro atoms. The summed E-state index contributed by atoms with van der Waals surface area (Å²) in [5, 5.41) is 0. The van der Waals surface area contributed by atoms with E-state index < -0.39 is 41.8 Å². The Morgan fingerprint density at radius 1 is 1.00 bits per heavy atom. The van der Waals surface area contributed by atoms with E-state index in [4.69, 9.17) is 14.2 Å². The SMILES string of the molecule is COC(=O)[C@@H]1[C@H](C(=O)OC)[C@@H]2CC(=O)N2[C@H]1C(=O)OCc1ccccc1. The molecule has 2 aliphatic heterocycles. The summed E-state index contributed by atoms with van der Waals surface area (Å²) in [5.41, 5.74) is 0.768. The van der Waals surface area contributed by atoms with Gasteiger partial charge >= 0.3 is 17.9 Å². The summed E-state index contributed by atoms with van der Waals surface area (Å²) in [6.45, 7) is -0.000343. The molecule has 8 nitrogen and oxygen atoms in total. The van der Waals surface area contributed by atoms with E-state index in [0.717, 1.165) is 5.56 Å². The quantitative estimate of drug-likeness (QED) is 0.422. The first-order valence-corrected chi connectivity index (χ1v) is 8.17. The highest BCUT2D eigenvalue weighted by atomic mass is 16.5. The number of hydrogen-bond acceptors (Lipinski definition) is 7. The predicted molar refractivity (Wildman–Crippen MR) is 86.3 cm³/mol. The third-order valence-electron chi connectivity index (χ3n) is 4.88. The number of esters is 3. The van der Waals surface area contributed by atoms with Crippen LogP contribution in [-0.4, -0.2) is 55.0 Å². The molecule has 2 heterocycles. The third-order valence-corrected chi connectivity index (χ3v) is 4.88. The van der Waals surface area contributed by atoms with Gasteiger partial charge < -0.3 is 19.1 Å². The minimum absolute atomic E-state index is 0.000343. The van der Waals surface area contributed by atoms with Crippen molar-refractivity contribution in [2.45, 2.75) is 25.1 Å². The molecule has 0 bridgehead atoms. The lowest BCUT2D eigenvalue weighted by Gasteiger charge is -2.38.